The van der Waals surface area contributed by atoms with Gasteiger partial charge in [0.25, 0.3) is 0 Å². The van der Waals surface area contributed by atoms with E-state index in [0.29, 0.717) is 25.8 Å². The Bertz CT molecular complexity index is 57.9. The van der Waals surface area contributed by atoms with Gasteiger partial charge in [0.15, 0.2) is 0 Å². The first-order valence-electron chi connectivity index (χ1n) is 1.15. The van der Waals surface area contributed by atoms with E-state index in [9.17, 15) is 4.79 Å². The SMILES string of the molecule is C=C[C](=O)[Pb]. The molecule has 2 heteroatoms. The number of carbonyl (C=O) groups is 1. The molecule has 0 rings (SSSR count). The second-order valence-corrected chi connectivity index (χ2v) is 2.48. The van der Waals surface area contributed by atoms with Gasteiger partial charge >= 0.3 is 46.6 Å². The van der Waals surface area contributed by atoms with Crippen LogP contribution >= 0.6 is 0 Å². The van der Waals surface area contributed by atoms with Gasteiger partial charge in [0.1, 0.15) is 0 Å². The molecule has 0 N–H and O–H groups in total. The van der Waals surface area contributed by atoms with Gasteiger partial charge in [-0.15, -0.1) is 0 Å². The zero-order chi connectivity index (χ0) is 4.28. The van der Waals surface area contributed by atoms with Gasteiger partial charge in [-0.1, -0.05) is 0 Å². The molecule has 0 unspecified atom stereocenters. The van der Waals surface area contributed by atoms with Crippen LogP contribution < -0.4 is 0 Å². The first kappa shape index (κ1) is 5.33. The third-order valence-corrected chi connectivity index (χ3v) is 0.979. The van der Waals surface area contributed by atoms with E-state index in [1.165, 1.54) is 6.08 Å². The van der Waals surface area contributed by atoms with Gasteiger partial charge in [-0.25, -0.2) is 0 Å². The number of rotatable bonds is 1. The summed E-state index contributed by atoms with van der Waals surface area (Å²) in [6, 6.07) is 0. The molecule has 25 valence electrons. The molecule has 0 aromatic heterocycles. The number of carbonyl (C=O) groups excluding carboxylic acids is 1. The Kier molecular flexibility index (Phi) is 2.73. The Labute approximate surface area is 46.7 Å². The molecule has 0 heterocycles. The van der Waals surface area contributed by atoms with Crippen molar-refractivity contribution in [3.63, 3.8) is 0 Å². The molecule has 0 aromatic carbocycles. The topological polar surface area (TPSA) is 17.1 Å². The normalized spacial score (nSPS) is 6.60. The molecule has 0 saturated heterocycles. The van der Waals surface area contributed by atoms with Gasteiger partial charge < -0.3 is 0 Å². The molecule has 0 fully saturated rings. The summed E-state index contributed by atoms with van der Waals surface area (Å²) in [5.74, 6) is 0. The molecular formula is C3H3OPb. The predicted octanol–water partition coefficient (Wildman–Crippen LogP) is -0.133. The van der Waals surface area contributed by atoms with E-state index in [0.717, 1.165) is 0 Å². The summed E-state index contributed by atoms with van der Waals surface area (Å²) in [6.45, 7) is 3.25. The van der Waals surface area contributed by atoms with Crippen LogP contribution in [0.1, 0.15) is 0 Å². The molecule has 0 bridgehead atoms. The summed E-state index contributed by atoms with van der Waals surface area (Å²) in [7, 11) is 0. The van der Waals surface area contributed by atoms with Gasteiger partial charge in [0.05, 0.1) is 0 Å². The van der Waals surface area contributed by atoms with Gasteiger partial charge in [-0.2, -0.15) is 0 Å². The molecule has 5 heavy (non-hydrogen) atoms. The van der Waals surface area contributed by atoms with Crippen molar-refractivity contribution in [3.05, 3.63) is 12.7 Å². The molecule has 0 saturated carbocycles. The molecule has 0 aliphatic carbocycles. The second-order valence-electron chi connectivity index (χ2n) is 0.568. The fourth-order valence-corrected chi connectivity index (χ4v) is 0. The first-order valence-corrected chi connectivity index (χ1v) is 3.09. The standard InChI is InChI=1S/C3H3O.Pb/c1-2-3-4;/h2H,1H2;. The summed E-state index contributed by atoms with van der Waals surface area (Å²) in [5, 5.41) is 0. The Morgan fingerprint density at radius 2 is 2.20 bits per heavy atom. The van der Waals surface area contributed by atoms with E-state index in [4.69, 9.17) is 0 Å². The summed E-state index contributed by atoms with van der Waals surface area (Å²) < 4.78 is 0.157. The van der Waals surface area contributed by atoms with E-state index in [1.54, 1.807) is 0 Å². The van der Waals surface area contributed by atoms with Crippen LogP contribution in [0.5, 0.6) is 0 Å². The maximum atomic E-state index is 9.76. The van der Waals surface area contributed by atoms with Crippen LogP contribution in [0.25, 0.3) is 0 Å². The molecule has 3 radical (unpaired) electrons. The number of hydrogen-bond acceptors (Lipinski definition) is 1. The van der Waals surface area contributed by atoms with E-state index in [-0.39, 0.29) is 3.34 Å². The Hall–Kier alpha value is 0.332. The molecular weight excluding hydrogens is 259 g/mol. The van der Waals surface area contributed by atoms with E-state index >= 15 is 0 Å². The second kappa shape index (κ2) is 2.56. The monoisotopic (exact) mass is 263 g/mol. The van der Waals surface area contributed by atoms with Gasteiger partial charge in [0, 0.05) is 0 Å². The van der Waals surface area contributed by atoms with Crippen molar-refractivity contribution in [3.8, 4) is 0 Å². The van der Waals surface area contributed by atoms with E-state index in [2.05, 4.69) is 6.58 Å². The fraction of sp³-hybridized carbons (Fsp3) is 0. The summed E-state index contributed by atoms with van der Waals surface area (Å²) >= 11 is 0.613. The van der Waals surface area contributed by atoms with Gasteiger partial charge in [0.2, 0.25) is 0 Å². The predicted molar refractivity (Wildman–Crippen MR) is 21.0 cm³/mol. The molecule has 0 atom stereocenters. The molecule has 0 spiro atoms. The Balaban J connectivity index is 3.20. The number of allylic oxidation sites excluding steroid dienone is 1. The van der Waals surface area contributed by atoms with Crippen molar-refractivity contribution >= 4 is 29.1 Å². The van der Waals surface area contributed by atoms with Crippen LogP contribution in [0.2, 0.25) is 0 Å². The Morgan fingerprint density at radius 1 is 2.00 bits per heavy atom. The molecule has 1 nitrogen and oxygen atoms in total. The number of hydrogen-bond donors (Lipinski definition) is 0. The van der Waals surface area contributed by atoms with Crippen LogP contribution in [0, 0.1) is 0 Å². The molecule has 0 aliphatic heterocycles. The van der Waals surface area contributed by atoms with Crippen molar-refractivity contribution in [1.82, 2.24) is 0 Å². The average molecular weight is 262 g/mol. The summed E-state index contributed by atoms with van der Waals surface area (Å²) in [6.07, 6.45) is 1.34. The van der Waals surface area contributed by atoms with Crippen LogP contribution in [-0.4, -0.2) is 29.1 Å². The zero-order valence-electron chi connectivity index (χ0n) is 2.69. The van der Waals surface area contributed by atoms with E-state index in [1.807, 2.05) is 0 Å². The van der Waals surface area contributed by atoms with Crippen molar-refractivity contribution < 1.29 is 4.79 Å². The molecule has 0 amide bonds. The van der Waals surface area contributed by atoms with Crippen molar-refractivity contribution in [1.29, 1.82) is 0 Å². The maximum absolute atomic E-state index is 9.76. The van der Waals surface area contributed by atoms with Crippen molar-refractivity contribution in [2.24, 2.45) is 0 Å². The van der Waals surface area contributed by atoms with Crippen LogP contribution in [0.3, 0.4) is 0 Å². The summed E-state index contributed by atoms with van der Waals surface area (Å²) in [5.41, 5.74) is 0. The third kappa shape index (κ3) is 4.33. The fourth-order valence-electron chi connectivity index (χ4n) is 0. The Morgan fingerprint density at radius 3 is 2.20 bits per heavy atom. The van der Waals surface area contributed by atoms with Crippen molar-refractivity contribution in [2.75, 3.05) is 0 Å². The first-order chi connectivity index (χ1) is 2.27. The van der Waals surface area contributed by atoms with E-state index < -0.39 is 0 Å². The summed E-state index contributed by atoms with van der Waals surface area (Å²) in [4.78, 5) is 9.76. The third-order valence-electron chi connectivity index (χ3n) is 0.185. The van der Waals surface area contributed by atoms with Crippen LogP contribution in [-0.2, 0) is 4.79 Å². The van der Waals surface area contributed by atoms with Crippen molar-refractivity contribution in [2.45, 2.75) is 0 Å². The quantitative estimate of drug-likeness (QED) is 0.475. The zero-order valence-corrected chi connectivity index (χ0v) is 6.58. The molecule has 0 aliphatic rings. The minimum absolute atomic E-state index is 0.157. The van der Waals surface area contributed by atoms with Crippen LogP contribution in [0.4, 0.5) is 0 Å². The van der Waals surface area contributed by atoms with Gasteiger partial charge in [-0.3, -0.25) is 0 Å². The van der Waals surface area contributed by atoms with Crippen LogP contribution in [0.15, 0.2) is 12.7 Å². The van der Waals surface area contributed by atoms with Gasteiger partial charge in [-0.05, 0) is 0 Å². The molecule has 0 aromatic rings. The average Bonchev–Trinajstić information content (AvgIpc) is 1.38. The minimum atomic E-state index is 0.157.